The molecule has 3 N–H and O–H groups in total. The minimum atomic E-state index is -0.290. The molecule has 0 aliphatic heterocycles. The summed E-state index contributed by atoms with van der Waals surface area (Å²) in [5, 5.41) is 3.39. The summed E-state index contributed by atoms with van der Waals surface area (Å²) in [6.45, 7) is 5.44. The monoisotopic (exact) mass is 234 g/mol. The molecule has 0 fully saturated rings. The molecular formula is C14H22N2O. The highest BCUT2D eigenvalue weighted by Gasteiger charge is 2.01. The van der Waals surface area contributed by atoms with Crippen molar-refractivity contribution >= 4 is 11.6 Å². The first-order valence-electron chi connectivity index (χ1n) is 6.23. The molecule has 1 aromatic carbocycles. The second-order valence-electron chi connectivity index (χ2n) is 4.61. The molecule has 0 aliphatic carbocycles. The van der Waals surface area contributed by atoms with Crippen LogP contribution in [-0.4, -0.2) is 12.5 Å². The van der Waals surface area contributed by atoms with E-state index in [1.54, 1.807) is 0 Å². The van der Waals surface area contributed by atoms with Crippen molar-refractivity contribution in [2.24, 2.45) is 11.7 Å². The Balaban J connectivity index is 2.42. The third kappa shape index (κ3) is 5.38. The summed E-state index contributed by atoms with van der Waals surface area (Å²) < 4.78 is 0. The van der Waals surface area contributed by atoms with Crippen LogP contribution in [0.4, 0.5) is 5.69 Å². The number of hydrogen-bond donors (Lipinski definition) is 2. The third-order valence-corrected chi connectivity index (χ3v) is 2.77. The van der Waals surface area contributed by atoms with E-state index in [4.69, 9.17) is 5.73 Å². The first kappa shape index (κ1) is 13.6. The van der Waals surface area contributed by atoms with Crippen molar-refractivity contribution in [3.05, 3.63) is 29.8 Å². The summed E-state index contributed by atoms with van der Waals surface area (Å²) in [6.07, 6.45) is 2.78. The van der Waals surface area contributed by atoms with Crippen molar-refractivity contribution in [3.8, 4) is 0 Å². The van der Waals surface area contributed by atoms with Crippen LogP contribution >= 0.6 is 0 Å². The molecule has 0 heterocycles. The Morgan fingerprint density at radius 2 is 2.00 bits per heavy atom. The minimum Gasteiger partial charge on any atom is -0.385 e. The van der Waals surface area contributed by atoms with Gasteiger partial charge in [0.2, 0.25) is 5.91 Å². The van der Waals surface area contributed by atoms with E-state index in [2.05, 4.69) is 19.2 Å². The zero-order chi connectivity index (χ0) is 12.7. The number of rotatable bonds is 7. The fraction of sp³-hybridized carbons (Fsp3) is 0.500. The lowest BCUT2D eigenvalue weighted by Gasteiger charge is -2.12. The molecule has 0 bridgehead atoms. The van der Waals surface area contributed by atoms with Gasteiger partial charge >= 0.3 is 0 Å². The molecule has 94 valence electrons. The molecule has 0 saturated carbocycles. The number of nitrogens with two attached hydrogens (primary N) is 1. The van der Waals surface area contributed by atoms with Crippen molar-refractivity contribution < 1.29 is 4.79 Å². The number of carbonyl (C=O) groups excluding carboxylic acids is 1. The minimum absolute atomic E-state index is 0.290. The Hall–Kier alpha value is -1.51. The summed E-state index contributed by atoms with van der Waals surface area (Å²) in [4.78, 5) is 10.7. The topological polar surface area (TPSA) is 55.1 Å². The van der Waals surface area contributed by atoms with E-state index in [0.717, 1.165) is 17.8 Å². The van der Waals surface area contributed by atoms with Crippen LogP contribution < -0.4 is 11.1 Å². The van der Waals surface area contributed by atoms with E-state index >= 15 is 0 Å². The molecule has 0 aliphatic rings. The summed E-state index contributed by atoms with van der Waals surface area (Å²) in [7, 11) is 0. The molecule has 0 spiro atoms. The van der Waals surface area contributed by atoms with Crippen LogP contribution in [0.2, 0.25) is 0 Å². The van der Waals surface area contributed by atoms with Gasteiger partial charge in [-0.3, -0.25) is 4.79 Å². The standard InChI is InChI=1S/C14H22N2O/c1-3-4-11(2)10-16-13-7-5-12(6-8-13)9-14(15)17/h5-8,11,16H,3-4,9-10H2,1-2H3,(H2,15,17). The summed E-state index contributed by atoms with van der Waals surface area (Å²) in [5.41, 5.74) is 7.20. The van der Waals surface area contributed by atoms with Crippen LogP contribution in [-0.2, 0) is 11.2 Å². The lowest BCUT2D eigenvalue weighted by molar-refractivity contribution is -0.117. The Bertz CT molecular complexity index is 346. The SMILES string of the molecule is CCCC(C)CNc1ccc(CC(N)=O)cc1. The first-order chi connectivity index (χ1) is 8.11. The highest BCUT2D eigenvalue weighted by Crippen LogP contribution is 2.12. The van der Waals surface area contributed by atoms with Gasteiger partial charge in [-0.2, -0.15) is 0 Å². The number of amides is 1. The number of carbonyl (C=O) groups is 1. The number of nitrogens with one attached hydrogen (secondary N) is 1. The quantitative estimate of drug-likeness (QED) is 0.761. The zero-order valence-electron chi connectivity index (χ0n) is 10.7. The Labute approximate surface area is 103 Å². The fourth-order valence-corrected chi connectivity index (χ4v) is 1.83. The summed E-state index contributed by atoms with van der Waals surface area (Å²) in [6, 6.07) is 7.88. The van der Waals surface area contributed by atoms with Gasteiger partial charge in [0.25, 0.3) is 0 Å². The van der Waals surface area contributed by atoms with Crippen molar-refractivity contribution in [3.63, 3.8) is 0 Å². The van der Waals surface area contributed by atoms with Gasteiger partial charge in [-0.15, -0.1) is 0 Å². The van der Waals surface area contributed by atoms with Crippen LogP contribution in [0.3, 0.4) is 0 Å². The third-order valence-electron chi connectivity index (χ3n) is 2.77. The van der Waals surface area contributed by atoms with Crippen LogP contribution in [0, 0.1) is 5.92 Å². The van der Waals surface area contributed by atoms with Crippen molar-refractivity contribution in [2.75, 3.05) is 11.9 Å². The Morgan fingerprint density at radius 1 is 1.35 bits per heavy atom. The maximum absolute atomic E-state index is 10.7. The van der Waals surface area contributed by atoms with E-state index in [1.165, 1.54) is 12.8 Å². The number of anilines is 1. The molecule has 1 rings (SSSR count). The molecule has 17 heavy (non-hydrogen) atoms. The Morgan fingerprint density at radius 3 is 2.53 bits per heavy atom. The van der Waals surface area contributed by atoms with E-state index in [9.17, 15) is 4.79 Å². The molecule has 0 radical (unpaired) electrons. The number of primary amides is 1. The summed E-state index contributed by atoms with van der Waals surface area (Å²) in [5.74, 6) is 0.396. The lowest BCUT2D eigenvalue weighted by atomic mass is 10.1. The molecule has 0 aromatic heterocycles. The van der Waals surface area contributed by atoms with Crippen molar-refractivity contribution in [2.45, 2.75) is 33.1 Å². The molecular weight excluding hydrogens is 212 g/mol. The zero-order valence-corrected chi connectivity index (χ0v) is 10.7. The molecule has 1 atom stereocenters. The maximum Gasteiger partial charge on any atom is 0.221 e. The second-order valence-corrected chi connectivity index (χ2v) is 4.61. The molecule has 0 saturated heterocycles. The van der Waals surface area contributed by atoms with Crippen LogP contribution in [0.1, 0.15) is 32.3 Å². The van der Waals surface area contributed by atoms with Crippen LogP contribution in [0.15, 0.2) is 24.3 Å². The molecule has 3 heteroatoms. The van der Waals surface area contributed by atoms with Crippen molar-refractivity contribution in [1.29, 1.82) is 0 Å². The maximum atomic E-state index is 10.7. The smallest absolute Gasteiger partial charge is 0.221 e. The molecule has 1 unspecified atom stereocenters. The number of benzene rings is 1. The molecule has 3 nitrogen and oxygen atoms in total. The molecule has 1 aromatic rings. The fourth-order valence-electron chi connectivity index (χ4n) is 1.83. The van der Waals surface area contributed by atoms with Gasteiger partial charge in [0.15, 0.2) is 0 Å². The van der Waals surface area contributed by atoms with Gasteiger partial charge in [-0.25, -0.2) is 0 Å². The van der Waals surface area contributed by atoms with Crippen molar-refractivity contribution in [1.82, 2.24) is 0 Å². The lowest BCUT2D eigenvalue weighted by Crippen LogP contribution is -2.14. The van der Waals surface area contributed by atoms with Gasteiger partial charge in [-0.1, -0.05) is 32.4 Å². The molecule has 1 amide bonds. The van der Waals surface area contributed by atoms with Gasteiger partial charge in [0.1, 0.15) is 0 Å². The largest absolute Gasteiger partial charge is 0.385 e. The average molecular weight is 234 g/mol. The second kappa shape index (κ2) is 6.94. The summed E-state index contributed by atoms with van der Waals surface area (Å²) >= 11 is 0. The van der Waals surface area contributed by atoms with Gasteiger partial charge in [0.05, 0.1) is 6.42 Å². The highest BCUT2D eigenvalue weighted by atomic mass is 16.1. The van der Waals surface area contributed by atoms with E-state index in [1.807, 2.05) is 24.3 Å². The van der Waals surface area contributed by atoms with Crippen LogP contribution in [0.5, 0.6) is 0 Å². The van der Waals surface area contributed by atoms with E-state index < -0.39 is 0 Å². The van der Waals surface area contributed by atoms with Gasteiger partial charge in [0, 0.05) is 12.2 Å². The number of hydrogen-bond acceptors (Lipinski definition) is 2. The van der Waals surface area contributed by atoms with Gasteiger partial charge < -0.3 is 11.1 Å². The van der Waals surface area contributed by atoms with Crippen LogP contribution in [0.25, 0.3) is 0 Å². The highest BCUT2D eigenvalue weighted by molar-refractivity contribution is 5.76. The van der Waals surface area contributed by atoms with E-state index in [-0.39, 0.29) is 5.91 Å². The predicted molar refractivity (Wildman–Crippen MR) is 71.9 cm³/mol. The Kier molecular flexibility index (Phi) is 5.53. The average Bonchev–Trinajstić information content (AvgIpc) is 2.28. The normalized spacial score (nSPS) is 12.1. The van der Waals surface area contributed by atoms with Gasteiger partial charge in [-0.05, 0) is 30.0 Å². The predicted octanol–water partition coefficient (Wildman–Crippen LogP) is 2.56. The first-order valence-corrected chi connectivity index (χ1v) is 6.23. The van der Waals surface area contributed by atoms with E-state index in [0.29, 0.717) is 12.3 Å².